The van der Waals surface area contributed by atoms with Crippen LogP contribution in [0.5, 0.6) is 0 Å². The number of nitrogens with zero attached hydrogens (tertiary/aromatic N) is 1. The number of hydrogen-bond donors (Lipinski definition) is 2. The lowest BCUT2D eigenvalue weighted by molar-refractivity contribution is -0.116. The highest BCUT2D eigenvalue weighted by molar-refractivity contribution is 6.17. The molecule has 2 N–H and O–H groups in total. The van der Waals surface area contributed by atoms with Crippen molar-refractivity contribution in [1.82, 2.24) is 10.6 Å². The summed E-state index contributed by atoms with van der Waals surface area (Å²) in [5.74, 6) is -0.687. The molecule has 0 bridgehead atoms. The molecule has 0 aromatic heterocycles. The molecular weight excluding hydrogens is 309 g/mol. The molecule has 1 aromatic rings. The summed E-state index contributed by atoms with van der Waals surface area (Å²) in [6, 6.07) is 6.26. The van der Waals surface area contributed by atoms with E-state index in [1.165, 1.54) is 6.08 Å². The summed E-state index contributed by atoms with van der Waals surface area (Å²) in [5.41, 5.74) is 1.18. The molecule has 6 heteroatoms. The first-order valence-corrected chi connectivity index (χ1v) is 7.57. The average molecular weight is 323 g/mol. The minimum absolute atomic E-state index is 0.180. The highest BCUT2D eigenvalue weighted by atomic mass is 19.1. The number of aliphatic imine (C=N–C) groups is 1. The lowest BCUT2D eigenvalue weighted by Gasteiger charge is -2.36. The smallest absolute Gasteiger partial charge is 0.174 e. The number of hydrogen-bond acceptors (Lipinski definition) is 5. The molecule has 0 saturated carbocycles. The van der Waals surface area contributed by atoms with Gasteiger partial charge in [-0.3, -0.25) is 19.9 Å². The predicted molar refractivity (Wildman–Crippen MR) is 87.1 cm³/mol. The van der Waals surface area contributed by atoms with Crippen molar-refractivity contribution in [1.29, 1.82) is 0 Å². The molecule has 0 radical (unpaired) electrons. The minimum atomic E-state index is -0.998. The zero-order chi connectivity index (χ0) is 16.7. The van der Waals surface area contributed by atoms with Crippen molar-refractivity contribution in [3.8, 4) is 0 Å². The van der Waals surface area contributed by atoms with Crippen LogP contribution in [-0.2, 0) is 4.79 Å². The fourth-order valence-electron chi connectivity index (χ4n) is 3.52. The van der Waals surface area contributed by atoms with E-state index in [-0.39, 0.29) is 5.78 Å². The Bertz CT molecular complexity index is 852. The summed E-state index contributed by atoms with van der Waals surface area (Å²) in [7, 11) is 0. The van der Waals surface area contributed by atoms with E-state index < -0.39 is 17.3 Å². The van der Waals surface area contributed by atoms with Crippen LogP contribution in [0.1, 0.15) is 15.9 Å². The van der Waals surface area contributed by atoms with Gasteiger partial charge >= 0.3 is 0 Å². The second kappa shape index (κ2) is 5.35. The van der Waals surface area contributed by atoms with Crippen LogP contribution < -0.4 is 10.6 Å². The molecular formula is C18H14FN3O2. The Morgan fingerprint density at radius 2 is 2.08 bits per heavy atom. The third-order valence-electron chi connectivity index (χ3n) is 4.62. The number of ketones is 1. The largest absolute Gasteiger partial charge is 0.379 e. The summed E-state index contributed by atoms with van der Waals surface area (Å²) < 4.78 is 14.4. The van der Waals surface area contributed by atoms with Crippen LogP contribution in [0.25, 0.3) is 0 Å². The second-order valence-corrected chi connectivity index (χ2v) is 5.88. The fraction of sp³-hybridized carbons (Fsp3) is 0.167. The Morgan fingerprint density at radius 1 is 1.29 bits per heavy atom. The van der Waals surface area contributed by atoms with Crippen LogP contribution >= 0.6 is 0 Å². The molecule has 120 valence electrons. The molecule has 0 fully saturated rings. The summed E-state index contributed by atoms with van der Waals surface area (Å²) in [6.07, 6.45) is 6.75. The lowest BCUT2D eigenvalue weighted by Crippen LogP contribution is -2.51. The highest BCUT2D eigenvalue weighted by Gasteiger charge is 2.55. The van der Waals surface area contributed by atoms with Crippen molar-refractivity contribution in [3.63, 3.8) is 0 Å². The Morgan fingerprint density at radius 3 is 2.83 bits per heavy atom. The van der Waals surface area contributed by atoms with E-state index >= 15 is 0 Å². The van der Waals surface area contributed by atoms with Gasteiger partial charge in [-0.1, -0.05) is 30.3 Å². The zero-order valence-corrected chi connectivity index (χ0v) is 12.6. The van der Waals surface area contributed by atoms with Gasteiger partial charge in [-0.25, -0.2) is 4.39 Å². The summed E-state index contributed by atoms with van der Waals surface area (Å²) >= 11 is 0. The maximum Gasteiger partial charge on any atom is 0.174 e. The molecule has 1 spiro atoms. The Balaban J connectivity index is 1.93. The van der Waals surface area contributed by atoms with Crippen molar-refractivity contribution in [3.05, 3.63) is 71.3 Å². The van der Waals surface area contributed by atoms with Crippen LogP contribution in [-0.4, -0.2) is 30.5 Å². The first-order chi connectivity index (χ1) is 11.7. The van der Waals surface area contributed by atoms with Gasteiger partial charge in [0.2, 0.25) is 0 Å². The molecule has 24 heavy (non-hydrogen) atoms. The molecule has 3 aliphatic rings. The average Bonchev–Trinajstić information content (AvgIpc) is 2.76. The quantitative estimate of drug-likeness (QED) is 0.812. The molecule has 2 unspecified atom stereocenters. The van der Waals surface area contributed by atoms with Crippen LogP contribution in [0.15, 0.2) is 65.2 Å². The number of carbonyl (C=O) groups excluding carboxylic acids is 2. The summed E-state index contributed by atoms with van der Waals surface area (Å²) in [5, 5.41) is 6.13. The SMILES string of the molecule is O=Cc1ccc(C2=NC=C(F)C3=CC(=O)C4NCNC=CC324)cc1. The van der Waals surface area contributed by atoms with Crippen molar-refractivity contribution < 1.29 is 14.0 Å². The lowest BCUT2D eigenvalue weighted by atomic mass is 9.69. The molecule has 0 saturated heterocycles. The molecule has 1 aromatic carbocycles. The van der Waals surface area contributed by atoms with E-state index in [0.29, 0.717) is 23.5 Å². The topological polar surface area (TPSA) is 70.6 Å². The van der Waals surface area contributed by atoms with Crippen LogP contribution in [0.4, 0.5) is 4.39 Å². The van der Waals surface area contributed by atoms with Gasteiger partial charge < -0.3 is 5.32 Å². The van der Waals surface area contributed by atoms with E-state index in [4.69, 9.17) is 0 Å². The Kier molecular flexibility index (Phi) is 3.28. The maximum atomic E-state index is 14.4. The van der Waals surface area contributed by atoms with Gasteiger partial charge in [0.15, 0.2) is 5.78 Å². The number of halogens is 1. The van der Waals surface area contributed by atoms with E-state index in [1.807, 2.05) is 0 Å². The molecule has 2 atom stereocenters. The van der Waals surface area contributed by atoms with Gasteiger partial charge in [0.05, 0.1) is 30.0 Å². The van der Waals surface area contributed by atoms with Gasteiger partial charge in [-0.15, -0.1) is 0 Å². The maximum absolute atomic E-state index is 14.4. The molecule has 4 rings (SSSR count). The third kappa shape index (κ3) is 1.93. The molecule has 5 nitrogen and oxygen atoms in total. The van der Waals surface area contributed by atoms with Gasteiger partial charge in [0.25, 0.3) is 0 Å². The number of nitrogens with one attached hydrogen (secondary N) is 2. The molecule has 2 heterocycles. The Labute approximate surface area is 137 Å². The second-order valence-electron chi connectivity index (χ2n) is 5.88. The highest BCUT2D eigenvalue weighted by Crippen LogP contribution is 2.48. The summed E-state index contributed by atoms with van der Waals surface area (Å²) in [6.45, 7) is 0.401. The Hall–Kier alpha value is -2.86. The fourth-order valence-corrected chi connectivity index (χ4v) is 3.52. The normalized spacial score (nSPS) is 28.0. The van der Waals surface area contributed by atoms with E-state index in [9.17, 15) is 14.0 Å². The van der Waals surface area contributed by atoms with Crippen molar-refractivity contribution in [2.24, 2.45) is 10.4 Å². The van der Waals surface area contributed by atoms with E-state index in [0.717, 1.165) is 18.0 Å². The van der Waals surface area contributed by atoms with E-state index in [2.05, 4.69) is 15.6 Å². The molecule has 1 aliphatic carbocycles. The monoisotopic (exact) mass is 323 g/mol. The zero-order valence-electron chi connectivity index (χ0n) is 12.6. The number of allylic oxidation sites excluding steroid dienone is 1. The minimum Gasteiger partial charge on any atom is -0.379 e. The third-order valence-corrected chi connectivity index (χ3v) is 4.62. The number of rotatable bonds is 2. The first kappa shape index (κ1) is 14.7. The summed E-state index contributed by atoms with van der Waals surface area (Å²) in [4.78, 5) is 27.6. The molecule has 2 aliphatic heterocycles. The predicted octanol–water partition coefficient (Wildman–Crippen LogP) is 1.64. The number of aldehydes is 1. The van der Waals surface area contributed by atoms with Crippen molar-refractivity contribution >= 4 is 17.8 Å². The van der Waals surface area contributed by atoms with Gasteiger partial charge in [-0.2, -0.15) is 0 Å². The number of benzene rings is 1. The number of carbonyl (C=O) groups is 2. The van der Waals surface area contributed by atoms with Crippen molar-refractivity contribution in [2.45, 2.75) is 6.04 Å². The van der Waals surface area contributed by atoms with Gasteiger partial charge in [-0.05, 0) is 17.8 Å². The molecule has 0 amide bonds. The van der Waals surface area contributed by atoms with Crippen molar-refractivity contribution in [2.75, 3.05) is 6.67 Å². The van der Waals surface area contributed by atoms with Crippen LogP contribution in [0.2, 0.25) is 0 Å². The van der Waals surface area contributed by atoms with Crippen LogP contribution in [0, 0.1) is 5.41 Å². The van der Waals surface area contributed by atoms with Crippen LogP contribution in [0.3, 0.4) is 0 Å². The van der Waals surface area contributed by atoms with Gasteiger partial charge in [0.1, 0.15) is 12.1 Å². The van der Waals surface area contributed by atoms with Gasteiger partial charge in [0, 0.05) is 11.1 Å². The first-order valence-electron chi connectivity index (χ1n) is 7.57. The standard InChI is InChI=1S/C18H14FN3O2/c19-14-8-21-16(12-3-1-11(9-23)2-4-12)18-5-6-20-10-22-17(18)15(24)7-13(14)18/h1-9,17,20,22H,10H2. The van der Waals surface area contributed by atoms with E-state index in [1.54, 1.807) is 36.5 Å².